The zero-order valence-corrected chi connectivity index (χ0v) is 18.3. The third-order valence-corrected chi connectivity index (χ3v) is 6.22. The van der Waals surface area contributed by atoms with Crippen molar-refractivity contribution < 1.29 is 32.9 Å². The molecule has 3 fully saturated rings. The van der Waals surface area contributed by atoms with Crippen molar-refractivity contribution in [2.75, 3.05) is 27.4 Å². The number of amides is 1. The molecule has 164 valence electrons. The van der Waals surface area contributed by atoms with E-state index in [0.717, 1.165) is 12.8 Å². The van der Waals surface area contributed by atoms with Gasteiger partial charge in [0.1, 0.15) is 24.5 Å². The number of piperidine rings is 1. The van der Waals surface area contributed by atoms with E-state index < -0.39 is 53.6 Å². The molecule has 1 spiro atoms. The van der Waals surface area contributed by atoms with Gasteiger partial charge < -0.3 is 23.7 Å². The topological polar surface area (TPSA) is 66.5 Å². The van der Waals surface area contributed by atoms with Crippen molar-refractivity contribution in [3.05, 3.63) is 0 Å². The molecule has 0 radical (unpaired) electrons. The van der Waals surface area contributed by atoms with E-state index in [9.17, 15) is 9.18 Å². The smallest absolute Gasteiger partial charge is 0.410 e. The molecule has 5 unspecified atom stereocenters. The fourth-order valence-electron chi connectivity index (χ4n) is 4.28. The molecule has 2 saturated heterocycles. The maximum atomic E-state index is 13.0. The number of rotatable bonds is 2. The minimum absolute atomic E-state index is 0.270. The molecule has 0 bridgehead atoms. The van der Waals surface area contributed by atoms with Crippen molar-refractivity contribution in [3.8, 4) is 11.8 Å². The highest BCUT2D eigenvalue weighted by Crippen LogP contribution is 2.56. The predicted octanol–water partition coefficient (Wildman–Crippen LogP) is 2.87. The highest BCUT2D eigenvalue weighted by atomic mass is 19.1. The number of hydrogen-bond donors (Lipinski definition) is 0. The summed E-state index contributed by atoms with van der Waals surface area (Å²) >= 11 is 0. The van der Waals surface area contributed by atoms with Crippen LogP contribution in [0.15, 0.2) is 0 Å². The minimum atomic E-state index is -1.20. The summed E-state index contributed by atoms with van der Waals surface area (Å²) in [5, 5.41) is 0. The molecule has 1 amide bonds. The molecule has 3 aliphatic rings. The maximum absolute atomic E-state index is 13.0. The molecular formula is C21H32FNO6. The van der Waals surface area contributed by atoms with Crippen LogP contribution < -0.4 is 0 Å². The van der Waals surface area contributed by atoms with E-state index in [1.807, 2.05) is 20.8 Å². The first kappa shape index (κ1) is 22.3. The van der Waals surface area contributed by atoms with Crippen LogP contribution in [0.5, 0.6) is 0 Å². The number of halogens is 1. The zero-order valence-electron chi connectivity index (χ0n) is 18.3. The van der Waals surface area contributed by atoms with Crippen LogP contribution in [0.2, 0.25) is 0 Å². The SMILES string of the molecule is COC1(C)OC2CN(C(=O)OC(C)(C)C)C3(CC3)C(C#CCF)C2OC1(C)OC. The van der Waals surface area contributed by atoms with Crippen molar-refractivity contribution in [1.82, 2.24) is 4.90 Å². The van der Waals surface area contributed by atoms with E-state index in [2.05, 4.69) is 11.8 Å². The lowest BCUT2D eigenvalue weighted by molar-refractivity contribution is -0.456. The Morgan fingerprint density at radius 1 is 1.17 bits per heavy atom. The molecule has 1 aliphatic carbocycles. The number of hydrogen-bond acceptors (Lipinski definition) is 6. The monoisotopic (exact) mass is 413 g/mol. The normalized spacial score (nSPS) is 38.1. The summed E-state index contributed by atoms with van der Waals surface area (Å²) < 4.78 is 42.4. The molecule has 3 rings (SSSR count). The zero-order chi connectivity index (χ0) is 21.7. The Morgan fingerprint density at radius 3 is 2.24 bits per heavy atom. The number of likely N-dealkylation sites (tertiary alicyclic amines) is 1. The van der Waals surface area contributed by atoms with E-state index in [0.29, 0.717) is 0 Å². The first-order chi connectivity index (χ1) is 13.5. The van der Waals surface area contributed by atoms with Crippen LogP contribution in [-0.2, 0) is 23.7 Å². The number of nitrogens with zero attached hydrogens (tertiary/aromatic N) is 1. The average molecular weight is 413 g/mol. The van der Waals surface area contributed by atoms with Gasteiger partial charge in [-0.05, 0) is 47.5 Å². The van der Waals surface area contributed by atoms with Crippen LogP contribution in [0.25, 0.3) is 0 Å². The molecule has 0 aromatic heterocycles. The summed E-state index contributed by atoms with van der Waals surface area (Å²) in [5.74, 6) is 2.71. The second-order valence-corrected chi connectivity index (χ2v) is 9.17. The van der Waals surface area contributed by atoms with Gasteiger partial charge in [0.05, 0.1) is 18.0 Å². The van der Waals surface area contributed by atoms with Crippen LogP contribution in [0.4, 0.5) is 9.18 Å². The molecule has 5 atom stereocenters. The number of carbonyl (C=O) groups excluding carboxylic acids is 1. The third-order valence-electron chi connectivity index (χ3n) is 6.22. The van der Waals surface area contributed by atoms with Gasteiger partial charge in [-0.25, -0.2) is 9.18 Å². The Hall–Kier alpha value is -1.40. The average Bonchev–Trinajstić information content (AvgIpc) is 3.42. The third kappa shape index (κ3) is 3.74. The second kappa shape index (κ2) is 7.38. The number of ether oxygens (including phenoxy) is 5. The number of fused-ring (bicyclic) bond motifs is 1. The summed E-state index contributed by atoms with van der Waals surface area (Å²) in [4.78, 5) is 14.7. The van der Waals surface area contributed by atoms with Crippen LogP contribution in [0.3, 0.4) is 0 Å². The van der Waals surface area contributed by atoms with E-state index in [1.165, 1.54) is 14.2 Å². The molecule has 8 heteroatoms. The number of carbonyl (C=O) groups is 1. The highest BCUT2D eigenvalue weighted by Gasteiger charge is 2.68. The molecule has 29 heavy (non-hydrogen) atoms. The lowest BCUT2D eigenvalue weighted by atomic mass is 9.81. The predicted molar refractivity (Wildman–Crippen MR) is 103 cm³/mol. The maximum Gasteiger partial charge on any atom is 0.410 e. The van der Waals surface area contributed by atoms with Crippen molar-refractivity contribution in [2.24, 2.45) is 5.92 Å². The first-order valence-corrected chi connectivity index (χ1v) is 9.96. The lowest BCUT2D eigenvalue weighted by Crippen LogP contribution is -2.72. The largest absolute Gasteiger partial charge is 0.444 e. The molecule has 0 aromatic rings. The molecule has 7 nitrogen and oxygen atoms in total. The first-order valence-electron chi connectivity index (χ1n) is 9.96. The van der Waals surface area contributed by atoms with E-state index >= 15 is 0 Å². The van der Waals surface area contributed by atoms with Gasteiger partial charge in [-0.15, -0.1) is 0 Å². The van der Waals surface area contributed by atoms with Crippen LogP contribution >= 0.6 is 0 Å². The second-order valence-electron chi connectivity index (χ2n) is 9.17. The summed E-state index contributed by atoms with van der Waals surface area (Å²) in [6, 6.07) is 0. The molecule has 0 N–H and O–H groups in total. The molecule has 2 heterocycles. The minimum Gasteiger partial charge on any atom is -0.444 e. The Balaban J connectivity index is 1.99. The van der Waals surface area contributed by atoms with Crippen molar-refractivity contribution >= 4 is 6.09 Å². The Morgan fingerprint density at radius 2 is 1.76 bits per heavy atom. The molecule has 2 aliphatic heterocycles. The van der Waals surface area contributed by atoms with Crippen molar-refractivity contribution in [1.29, 1.82) is 0 Å². The Kier molecular flexibility index (Phi) is 5.67. The van der Waals surface area contributed by atoms with E-state index in [-0.39, 0.29) is 6.54 Å². The fourth-order valence-corrected chi connectivity index (χ4v) is 4.28. The summed E-state index contributed by atoms with van der Waals surface area (Å²) in [6.45, 7) is 8.44. The molecular weight excluding hydrogens is 381 g/mol. The lowest BCUT2D eigenvalue weighted by Gasteiger charge is -2.57. The Labute approximate surface area is 172 Å². The van der Waals surface area contributed by atoms with Gasteiger partial charge in [-0.2, -0.15) is 0 Å². The van der Waals surface area contributed by atoms with E-state index in [4.69, 9.17) is 23.7 Å². The standard InChI is InChI=1S/C21H32FNO6/c1-18(2,3)29-17(24)23-13-15-16(14(9-8-12-22)21(23)10-11-21)28-20(5,26-7)19(4,25-6)27-15/h14-16H,10-13H2,1-7H3. The van der Waals surface area contributed by atoms with Crippen LogP contribution in [0, 0.1) is 17.8 Å². The fraction of sp³-hybridized carbons (Fsp3) is 0.857. The highest BCUT2D eigenvalue weighted by molar-refractivity contribution is 5.70. The quantitative estimate of drug-likeness (QED) is 0.649. The van der Waals surface area contributed by atoms with Gasteiger partial charge in [-0.3, -0.25) is 4.90 Å². The summed E-state index contributed by atoms with van der Waals surface area (Å²) in [7, 11) is 3.03. The molecule has 0 aromatic carbocycles. The van der Waals surface area contributed by atoms with E-state index in [1.54, 1.807) is 18.7 Å². The summed E-state index contributed by atoms with van der Waals surface area (Å²) in [5.41, 5.74) is -1.19. The van der Waals surface area contributed by atoms with Gasteiger partial charge in [0.25, 0.3) is 0 Å². The number of alkyl halides is 1. The van der Waals surface area contributed by atoms with Gasteiger partial charge >= 0.3 is 6.09 Å². The number of methoxy groups -OCH3 is 2. The van der Waals surface area contributed by atoms with Crippen LogP contribution in [0.1, 0.15) is 47.5 Å². The molecule has 1 saturated carbocycles. The Bertz CT molecular complexity index is 708. The summed E-state index contributed by atoms with van der Waals surface area (Å²) in [6.07, 6.45) is 0.0401. The van der Waals surface area contributed by atoms with Gasteiger partial charge in [0.15, 0.2) is 0 Å². The van der Waals surface area contributed by atoms with Crippen LogP contribution in [-0.4, -0.2) is 73.4 Å². The van der Waals surface area contributed by atoms with Crippen molar-refractivity contribution in [3.63, 3.8) is 0 Å². The van der Waals surface area contributed by atoms with Gasteiger partial charge in [0, 0.05) is 14.2 Å². The van der Waals surface area contributed by atoms with Gasteiger partial charge in [0.2, 0.25) is 11.6 Å². The van der Waals surface area contributed by atoms with Crippen molar-refractivity contribution in [2.45, 2.75) is 82.4 Å². The van der Waals surface area contributed by atoms with Gasteiger partial charge in [-0.1, -0.05) is 11.8 Å².